The van der Waals surface area contributed by atoms with Crippen molar-refractivity contribution in [2.75, 3.05) is 13.2 Å². The summed E-state index contributed by atoms with van der Waals surface area (Å²) in [5.41, 5.74) is 2.26. The predicted molar refractivity (Wildman–Crippen MR) is 153 cm³/mol. The molecule has 210 valence electrons. The Labute approximate surface area is 229 Å². The molecule has 2 aromatic carbocycles. The molecule has 0 spiro atoms. The summed E-state index contributed by atoms with van der Waals surface area (Å²) in [6, 6.07) is 16.4. The van der Waals surface area contributed by atoms with Gasteiger partial charge in [0.1, 0.15) is 11.9 Å². The van der Waals surface area contributed by atoms with Crippen molar-refractivity contribution in [3.63, 3.8) is 0 Å². The molecule has 0 atom stereocenters. The number of hydrogen-bond donors (Lipinski definition) is 1. The molecule has 5 nitrogen and oxygen atoms in total. The summed E-state index contributed by atoms with van der Waals surface area (Å²) in [4.78, 5) is 12.0. The summed E-state index contributed by atoms with van der Waals surface area (Å²) in [5, 5.41) is 11.3. The SMILES string of the molecule is CCCCCCCCOc1ccc(-c2ccc(C3(O)CCC(OC(=O)OCCCCCC)CC3)cc2)cc1. The number of carbonyl (C=O) groups excluding carboxylic acids is 1. The number of ether oxygens (including phenoxy) is 3. The average molecular weight is 525 g/mol. The molecule has 0 saturated heterocycles. The van der Waals surface area contributed by atoms with Gasteiger partial charge in [0.25, 0.3) is 0 Å². The van der Waals surface area contributed by atoms with Gasteiger partial charge in [0.05, 0.1) is 18.8 Å². The Morgan fingerprint density at radius 1 is 0.763 bits per heavy atom. The first-order chi connectivity index (χ1) is 18.5. The van der Waals surface area contributed by atoms with Gasteiger partial charge >= 0.3 is 6.16 Å². The van der Waals surface area contributed by atoms with E-state index in [1.165, 1.54) is 32.1 Å². The van der Waals surface area contributed by atoms with Gasteiger partial charge in [-0.15, -0.1) is 0 Å². The number of carbonyl (C=O) groups is 1. The summed E-state index contributed by atoms with van der Waals surface area (Å²) in [6.07, 6.45) is 13.4. The van der Waals surface area contributed by atoms with E-state index >= 15 is 0 Å². The maximum absolute atomic E-state index is 12.0. The van der Waals surface area contributed by atoms with E-state index in [-0.39, 0.29) is 6.10 Å². The van der Waals surface area contributed by atoms with E-state index in [9.17, 15) is 9.90 Å². The highest BCUT2D eigenvalue weighted by atomic mass is 16.7. The third kappa shape index (κ3) is 9.98. The van der Waals surface area contributed by atoms with Crippen LogP contribution in [-0.4, -0.2) is 30.6 Å². The normalized spacial score (nSPS) is 19.2. The second-order valence-electron chi connectivity index (χ2n) is 10.7. The van der Waals surface area contributed by atoms with E-state index in [1.54, 1.807) is 0 Å². The zero-order valence-corrected chi connectivity index (χ0v) is 23.6. The van der Waals surface area contributed by atoms with Crippen molar-refractivity contribution in [3.8, 4) is 16.9 Å². The minimum atomic E-state index is -0.892. The first-order valence-electron chi connectivity index (χ1n) is 14.9. The molecular formula is C33H48O5. The maximum Gasteiger partial charge on any atom is 0.508 e. The van der Waals surface area contributed by atoms with Crippen molar-refractivity contribution in [1.82, 2.24) is 0 Å². The molecule has 5 heteroatoms. The number of aliphatic hydroxyl groups is 1. The molecule has 0 unspecified atom stereocenters. The van der Waals surface area contributed by atoms with Gasteiger partial charge in [0, 0.05) is 0 Å². The second kappa shape index (κ2) is 16.4. The Morgan fingerprint density at radius 2 is 1.29 bits per heavy atom. The lowest BCUT2D eigenvalue weighted by Crippen LogP contribution is -2.35. The van der Waals surface area contributed by atoms with Crippen LogP contribution in [0.1, 0.15) is 109 Å². The Kier molecular flexibility index (Phi) is 13.0. The van der Waals surface area contributed by atoms with E-state index in [4.69, 9.17) is 14.2 Å². The lowest BCUT2D eigenvalue weighted by molar-refractivity contribution is -0.0538. The quantitative estimate of drug-likeness (QED) is 0.175. The topological polar surface area (TPSA) is 65.0 Å². The third-order valence-corrected chi connectivity index (χ3v) is 7.62. The van der Waals surface area contributed by atoms with Crippen LogP contribution in [0.2, 0.25) is 0 Å². The van der Waals surface area contributed by atoms with Gasteiger partial charge < -0.3 is 19.3 Å². The Bertz CT molecular complexity index is 913. The molecule has 38 heavy (non-hydrogen) atoms. The molecule has 1 aliphatic rings. The highest BCUT2D eigenvalue weighted by Gasteiger charge is 2.36. The summed E-state index contributed by atoms with van der Waals surface area (Å²) in [6.45, 7) is 5.58. The van der Waals surface area contributed by atoms with E-state index in [0.717, 1.165) is 61.2 Å². The highest BCUT2D eigenvalue weighted by molar-refractivity contribution is 5.64. The maximum atomic E-state index is 12.0. The molecule has 0 heterocycles. The molecule has 1 N–H and O–H groups in total. The number of hydrogen-bond acceptors (Lipinski definition) is 5. The van der Waals surface area contributed by atoms with Crippen LogP contribution in [0.15, 0.2) is 48.5 Å². The minimum absolute atomic E-state index is 0.195. The van der Waals surface area contributed by atoms with Crippen molar-refractivity contribution in [3.05, 3.63) is 54.1 Å². The molecular weight excluding hydrogens is 476 g/mol. The van der Waals surface area contributed by atoms with Crippen molar-refractivity contribution in [2.24, 2.45) is 0 Å². The fourth-order valence-corrected chi connectivity index (χ4v) is 5.12. The standard InChI is InChI=1S/C33H48O5/c1-3-5-7-9-10-12-25-36-30-19-15-28(16-20-30)27-13-17-29(18-14-27)33(35)23-21-31(22-24-33)38-32(34)37-26-11-8-6-4-2/h13-20,31,35H,3-12,21-26H2,1-2H3. The molecule has 0 aliphatic heterocycles. The lowest BCUT2D eigenvalue weighted by Gasteiger charge is -2.36. The van der Waals surface area contributed by atoms with Gasteiger partial charge in [0.15, 0.2) is 0 Å². The van der Waals surface area contributed by atoms with Crippen LogP contribution in [-0.2, 0) is 15.1 Å². The summed E-state index contributed by atoms with van der Waals surface area (Å²) in [7, 11) is 0. The van der Waals surface area contributed by atoms with Crippen LogP contribution in [0.3, 0.4) is 0 Å². The lowest BCUT2D eigenvalue weighted by atomic mass is 9.78. The highest BCUT2D eigenvalue weighted by Crippen LogP contribution is 2.39. The Morgan fingerprint density at radius 3 is 1.92 bits per heavy atom. The number of rotatable bonds is 16. The second-order valence-corrected chi connectivity index (χ2v) is 10.7. The first-order valence-corrected chi connectivity index (χ1v) is 14.9. The Balaban J connectivity index is 1.41. The zero-order valence-electron chi connectivity index (χ0n) is 23.6. The van der Waals surface area contributed by atoms with Crippen molar-refractivity contribution >= 4 is 6.16 Å². The molecule has 3 rings (SSSR count). The summed E-state index contributed by atoms with van der Waals surface area (Å²) < 4.78 is 16.6. The fraction of sp³-hybridized carbons (Fsp3) is 0.606. The molecule has 2 aromatic rings. The van der Waals surface area contributed by atoms with Crippen LogP contribution in [0, 0.1) is 0 Å². The van der Waals surface area contributed by atoms with Gasteiger partial charge in [-0.05, 0) is 67.3 Å². The smallest absolute Gasteiger partial charge is 0.494 e. The largest absolute Gasteiger partial charge is 0.508 e. The van der Waals surface area contributed by atoms with Gasteiger partial charge in [-0.25, -0.2) is 4.79 Å². The summed E-state index contributed by atoms with van der Waals surface area (Å²) >= 11 is 0. The molecule has 0 bridgehead atoms. The van der Waals surface area contributed by atoms with E-state index in [0.29, 0.717) is 32.3 Å². The number of benzene rings is 2. The van der Waals surface area contributed by atoms with Crippen molar-refractivity contribution < 1.29 is 24.1 Å². The van der Waals surface area contributed by atoms with Crippen LogP contribution in [0.4, 0.5) is 4.79 Å². The first kappa shape index (κ1) is 30.0. The van der Waals surface area contributed by atoms with Crippen molar-refractivity contribution in [1.29, 1.82) is 0 Å². The third-order valence-electron chi connectivity index (χ3n) is 7.62. The number of unbranched alkanes of at least 4 members (excludes halogenated alkanes) is 8. The minimum Gasteiger partial charge on any atom is -0.494 e. The molecule has 0 aromatic heterocycles. The van der Waals surface area contributed by atoms with Gasteiger partial charge in [0.2, 0.25) is 0 Å². The van der Waals surface area contributed by atoms with Crippen LogP contribution < -0.4 is 4.74 Å². The van der Waals surface area contributed by atoms with E-state index < -0.39 is 11.8 Å². The molecule has 1 fully saturated rings. The van der Waals surface area contributed by atoms with Crippen LogP contribution in [0.25, 0.3) is 11.1 Å². The molecule has 0 radical (unpaired) electrons. The Hall–Kier alpha value is -2.53. The zero-order chi connectivity index (χ0) is 27.1. The molecule has 1 saturated carbocycles. The van der Waals surface area contributed by atoms with Crippen LogP contribution >= 0.6 is 0 Å². The van der Waals surface area contributed by atoms with E-state index in [1.807, 2.05) is 24.3 Å². The molecule has 0 amide bonds. The predicted octanol–water partition coefficient (Wildman–Crippen LogP) is 8.96. The average Bonchev–Trinajstić information content (AvgIpc) is 2.94. The van der Waals surface area contributed by atoms with E-state index in [2.05, 4.69) is 38.1 Å². The monoisotopic (exact) mass is 524 g/mol. The molecule has 1 aliphatic carbocycles. The van der Waals surface area contributed by atoms with Crippen LogP contribution in [0.5, 0.6) is 5.75 Å². The fourth-order valence-electron chi connectivity index (χ4n) is 5.12. The van der Waals surface area contributed by atoms with Gasteiger partial charge in [-0.1, -0.05) is 102 Å². The van der Waals surface area contributed by atoms with Gasteiger partial charge in [-0.2, -0.15) is 0 Å². The van der Waals surface area contributed by atoms with Crippen molar-refractivity contribution in [2.45, 2.75) is 115 Å². The van der Waals surface area contributed by atoms with Gasteiger partial charge in [-0.3, -0.25) is 0 Å². The summed E-state index contributed by atoms with van der Waals surface area (Å²) in [5.74, 6) is 0.910.